The maximum atomic E-state index is 14.9. The second kappa shape index (κ2) is 10.2. The minimum atomic E-state index is -1.06. The molecule has 2 saturated heterocycles. The van der Waals surface area contributed by atoms with Crippen LogP contribution < -0.4 is 9.47 Å². The molecule has 1 amide bonds. The highest BCUT2D eigenvalue weighted by molar-refractivity contribution is 6.46. The van der Waals surface area contributed by atoms with Crippen LogP contribution in [0.4, 0.5) is 4.39 Å². The van der Waals surface area contributed by atoms with Gasteiger partial charge in [-0.25, -0.2) is 4.39 Å². The van der Waals surface area contributed by atoms with Gasteiger partial charge < -0.3 is 24.2 Å². The van der Waals surface area contributed by atoms with Gasteiger partial charge in [-0.1, -0.05) is 18.2 Å². The van der Waals surface area contributed by atoms with E-state index in [2.05, 4.69) is 4.90 Å². The lowest BCUT2D eigenvalue weighted by Gasteiger charge is -2.31. The van der Waals surface area contributed by atoms with Crippen LogP contribution in [0, 0.1) is 5.82 Å². The number of aliphatic hydroxyl groups is 1. The van der Waals surface area contributed by atoms with E-state index in [9.17, 15) is 19.1 Å². The molecule has 2 heterocycles. The van der Waals surface area contributed by atoms with Crippen LogP contribution in [0.5, 0.6) is 11.5 Å². The first-order valence-corrected chi connectivity index (χ1v) is 11.0. The first-order valence-electron chi connectivity index (χ1n) is 11.0. The normalized spacial score (nSPS) is 20.6. The Balaban J connectivity index is 1.77. The SMILES string of the molecule is COc1ccc(C(O)=C2C(=O)C(=O)N(CCN3CCOCC3)[C@@H]2c2ccccc2F)cc1OC. The molecule has 4 rings (SSSR count). The molecule has 0 saturated carbocycles. The number of morpholine rings is 1. The van der Waals surface area contributed by atoms with Gasteiger partial charge in [0, 0.05) is 37.3 Å². The topological polar surface area (TPSA) is 88.5 Å². The van der Waals surface area contributed by atoms with Gasteiger partial charge in [0.15, 0.2) is 11.5 Å². The molecule has 2 aromatic carbocycles. The second-order valence-corrected chi connectivity index (χ2v) is 8.04. The molecular weight excluding hydrogens is 443 g/mol. The molecule has 2 aliphatic rings. The van der Waals surface area contributed by atoms with Crippen molar-refractivity contribution in [2.45, 2.75) is 6.04 Å². The number of benzene rings is 2. The minimum Gasteiger partial charge on any atom is -0.507 e. The monoisotopic (exact) mass is 470 g/mol. The quantitative estimate of drug-likeness (QED) is 0.378. The fourth-order valence-electron chi connectivity index (χ4n) is 4.34. The number of ketones is 1. The average Bonchev–Trinajstić information content (AvgIpc) is 3.12. The number of Topliss-reactive ketones (excluding diaryl/α,β-unsaturated/α-hetero) is 1. The van der Waals surface area contributed by atoms with Crippen molar-refractivity contribution in [3.8, 4) is 11.5 Å². The molecular formula is C25H27FN2O6. The van der Waals surface area contributed by atoms with Gasteiger partial charge in [-0.2, -0.15) is 0 Å². The Morgan fingerprint density at radius 2 is 1.76 bits per heavy atom. The van der Waals surface area contributed by atoms with Crippen LogP contribution >= 0.6 is 0 Å². The highest BCUT2D eigenvalue weighted by Gasteiger charge is 2.47. The summed E-state index contributed by atoms with van der Waals surface area (Å²) < 4.78 is 30.8. The number of likely N-dealkylation sites (tertiary alicyclic amines) is 1. The van der Waals surface area contributed by atoms with Crippen LogP contribution in [0.2, 0.25) is 0 Å². The maximum absolute atomic E-state index is 14.9. The number of carbonyl (C=O) groups is 2. The number of hydrogen-bond acceptors (Lipinski definition) is 7. The first kappa shape index (κ1) is 23.7. The Morgan fingerprint density at radius 1 is 1.06 bits per heavy atom. The molecule has 1 atom stereocenters. The summed E-state index contributed by atoms with van der Waals surface area (Å²) in [6, 6.07) is 9.55. The summed E-state index contributed by atoms with van der Waals surface area (Å²) in [7, 11) is 2.93. The Morgan fingerprint density at radius 3 is 2.44 bits per heavy atom. The number of halogens is 1. The van der Waals surface area contributed by atoms with Crippen molar-refractivity contribution in [1.29, 1.82) is 0 Å². The van der Waals surface area contributed by atoms with E-state index in [1.165, 1.54) is 43.4 Å². The molecule has 0 aliphatic carbocycles. The third-order valence-electron chi connectivity index (χ3n) is 6.16. The Hall–Kier alpha value is -3.43. The number of aliphatic hydroxyl groups excluding tert-OH is 1. The van der Waals surface area contributed by atoms with Crippen LogP contribution in [0.1, 0.15) is 17.2 Å². The molecule has 0 aromatic heterocycles. The highest BCUT2D eigenvalue weighted by Crippen LogP contribution is 2.41. The van der Waals surface area contributed by atoms with Gasteiger partial charge in [0.2, 0.25) is 0 Å². The smallest absolute Gasteiger partial charge is 0.295 e. The molecule has 0 unspecified atom stereocenters. The van der Waals surface area contributed by atoms with Gasteiger partial charge in [-0.3, -0.25) is 14.5 Å². The lowest BCUT2D eigenvalue weighted by atomic mass is 9.95. The predicted molar refractivity (Wildman–Crippen MR) is 122 cm³/mol. The van der Waals surface area contributed by atoms with Crippen molar-refractivity contribution in [2.24, 2.45) is 0 Å². The van der Waals surface area contributed by atoms with E-state index in [1.807, 2.05) is 0 Å². The van der Waals surface area contributed by atoms with Crippen LogP contribution in [-0.4, -0.2) is 80.2 Å². The summed E-state index contributed by atoms with van der Waals surface area (Å²) >= 11 is 0. The zero-order valence-electron chi connectivity index (χ0n) is 19.1. The van der Waals surface area contributed by atoms with Crippen molar-refractivity contribution in [2.75, 3.05) is 53.6 Å². The van der Waals surface area contributed by atoms with E-state index >= 15 is 0 Å². The van der Waals surface area contributed by atoms with Crippen molar-refractivity contribution >= 4 is 17.4 Å². The number of ether oxygens (including phenoxy) is 3. The number of hydrogen-bond donors (Lipinski definition) is 1. The third-order valence-corrected chi connectivity index (χ3v) is 6.16. The fourth-order valence-corrected chi connectivity index (χ4v) is 4.34. The standard InChI is InChI=1S/C25H27FN2O6/c1-32-19-8-7-16(15-20(19)33-2)23(29)21-22(17-5-3-4-6-18(17)26)28(25(31)24(21)30)10-9-27-11-13-34-14-12-27/h3-8,15,22,29H,9-14H2,1-2H3/t22-/m1/s1. The molecule has 180 valence electrons. The van der Waals surface area contributed by atoms with Gasteiger partial charge in [-0.05, 0) is 24.3 Å². The summed E-state index contributed by atoms with van der Waals surface area (Å²) in [5.41, 5.74) is 0.236. The largest absolute Gasteiger partial charge is 0.507 e. The molecule has 8 nitrogen and oxygen atoms in total. The molecule has 2 aromatic rings. The molecule has 1 N–H and O–H groups in total. The van der Waals surface area contributed by atoms with Crippen molar-refractivity contribution in [3.05, 3.63) is 65.0 Å². The summed E-state index contributed by atoms with van der Waals surface area (Å²) in [5.74, 6) is -1.82. The Bertz CT molecular complexity index is 1110. The Kier molecular flexibility index (Phi) is 7.14. The lowest BCUT2D eigenvalue weighted by molar-refractivity contribution is -0.140. The number of nitrogens with zero attached hydrogens (tertiary/aromatic N) is 2. The lowest BCUT2D eigenvalue weighted by Crippen LogP contribution is -2.42. The van der Waals surface area contributed by atoms with E-state index in [4.69, 9.17) is 14.2 Å². The Labute approximate surface area is 197 Å². The summed E-state index contributed by atoms with van der Waals surface area (Å²) in [6.07, 6.45) is 0. The van der Waals surface area contributed by atoms with Crippen LogP contribution in [0.25, 0.3) is 5.76 Å². The average molecular weight is 470 g/mol. The van der Waals surface area contributed by atoms with Gasteiger partial charge in [-0.15, -0.1) is 0 Å². The van der Waals surface area contributed by atoms with Crippen LogP contribution in [0.3, 0.4) is 0 Å². The van der Waals surface area contributed by atoms with E-state index in [-0.39, 0.29) is 23.2 Å². The maximum Gasteiger partial charge on any atom is 0.295 e. The van der Waals surface area contributed by atoms with Crippen molar-refractivity contribution in [1.82, 2.24) is 9.80 Å². The summed E-state index contributed by atoms with van der Waals surface area (Å²) in [6.45, 7) is 3.30. The van der Waals surface area contributed by atoms with Crippen LogP contribution in [0.15, 0.2) is 48.0 Å². The first-order chi connectivity index (χ1) is 16.5. The molecule has 0 bridgehead atoms. The molecule has 0 radical (unpaired) electrons. The van der Waals surface area contributed by atoms with Gasteiger partial charge in [0.25, 0.3) is 11.7 Å². The number of methoxy groups -OCH3 is 2. The van der Waals surface area contributed by atoms with E-state index in [0.29, 0.717) is 44.3 Å². The number of carbonyl (C=O) groups excluding carboxylic acids is 2. The fraction of sp³-hybridized carbons (Fsp3) is 0.360. The minimum absolute atomic E-state index is 0.144. The molecule has 2 fully saturated rings. The third kappa shape index (κ3) is 4.49. The van der Waals surface area contributed by atoms with Gasteiger partial charge >= 0.3 is 0 Å². The van der Waals surface area contributed by atoms with Crippen LogP contribution in [-0.2, 0) is 14.3 Å². The van der Waals surface area contributed by atoms with E-state index < -0.39 is 29.3 Å². The number of rotatable bonds is 7. The summed E-state index contributed by atoms with van der Waals surface area (Å²) in [5, 5.41) is 11.2. The molecule has 0 spiro atoms. The van der Waals surface area contributed by atoms with Gasteiger partial charge in [0.1, 0.15) is 11.6 Å². The summed E-state index contributed by atoms with van der Waals surface area (Å²) in [4.78, 5) is 29.7. The molecule has 34 heavy (non-hydrogen) atoms. The van der Waals surface area contributed by atoms with E-state index in [1.54, 1.807) is 18.2 Å². The zero-order chi connectivity index (χ0) is 24.2. The predicted octanol–water partition coefficient (Wildman–Crippen LogP) is 2.60. The second-order valence-electron chi connectivity index (χ2n) is 8.04. The zero-order valence-corrected chi connectivity index (χ0v) is 19.1. The van der Waals surface area contributed by atoms with Crippen molar-refractivity contribution < 1.29 is 33.3 Å². The van der Waals surface area contributed by atoms with Crippen molar-refractivity contribution in [3.63, 3.8) is 0 Å². The molecule has 9 heteroatoms. The number of amides is 1. The molecule has 2 aliphatic heterocycles. The van der Waals surface area contributed by atoms with Gasteiger partial charge in [0.05, 0.1) is 39.0 Å². The van der Waals surface area contributed by atoms with E-state index in [0.717, 1.165) is 0 Å². The highest BCUT2D eigenvalue weighted by atomic mass is 19.1.